The minimum Gasteiger partial charge on any atom is -0.391 e. The second kappa shape index (κ2) is 3.69. The fourth-order valence-corrected chi connectivity index (χ4v) is 3.30. The summed E-state index contributed by atoms with van der Waals surface area (Å²) in [6.07, 6.45) is 0. The zero-order valence-corrected chi connectivity index (χ0v) is 10.5. The molecule has 2 rings (SSSR count). The highest BCUT2D eigenvalue weighted by molar-refractivity contribution is 9.11. The lowest BCUT2D eigenvalue weighted by molar-refractivity contribution is 0.285. The van der Waals surface area contributed by atoms with Gasteiger partial charge in [-0.05, 0) is 34.1 Å². The molecule has 1 N–H and O–H groups in total. The Morgan fingerprint density at radius 1 is 1.23 bits per heavy atom. The van der Waals surface area contributed by atoms with Gasteiger partial charge in [0.1, 0.15) is 0 Å². The van der Waals surface area contributed by atoms with Crippen molar-refractivity contribution in [3.63, 3.8) is 0 Å². The molecule has 0 atom stereocenters. The van der Waals surface area contributed by atoms with Crippen molar-refractivity contribution in [2.75, 3.05) is 0 Å². The van der Waals surface area contributed by atoms with E-state index >= 15 is 0 Å². The summed E-state index contributed by atoms with van der Waals surface area (Å²) in [7, 11) is 0. The lowest BCUT2D eigenvalue weighted by atomic mass is 10.2. The minimum atomic E-state index is 0.109. The zero-order chi connectivity index (χ0) is 9.42. The number of hydrogen-bond donors (Lipinski definition) is 1. The van der Waals surface area contributed by atoms with Crippen molar-refractivity contribution >= 4 is 53.3 Å². The Hall–Kier alpha value is 0.1000. The maximum atomic E-state index is 9.00. The summed E-state index contributed by atoms with van der Waals surface area (Å²) in [6, 6.07) is 6.01. The summed E-state index contributed by atoms with van der Waals surface area (Å²) in [5, 5.41) is 10.2. The first-order valence-corrected chi connectivity index (χ1v) is 6.10. The first-order valence-electron chi connectivity index (χ1n) is 3.69. The Labute approximate surface area is 96.6 Å². The molecule has 0 bridgehead atoms. The molecule has 1 nitrogen and oxygen atoms in total. The molecule has 0 saturated carbocycles. The molecule has 0 amide bonds. The van der Waals surface area contributed by atoms with Crippen LogP contribution >= 0.6 is 43.2 Å². The number of thiophene rings is 1. The molecule has 13 heavy (non-hydrogen) atoms. The second-order valence-corrected chi connectivity index (χ2v) is 5.49. The largest absolute Gasteiger partial charge is 0.391 e. The molecule has 0 aliphatic heterocycles. The highest BCUT2D eigenvalue weighted by Gasteiger charge is 2.06. The standard InChI is InChI=1S/C9H6Br2OS/c10-7-1-2-8(11)9-6(7)3-5(4-12)13-9/h1-3,12H,4H2. The number of halogens is 2. The van der Waals surface area contributed by atoms with Gasteiger partial charge < -0.3 is 5.11 Å². The second-order valence-electron chi connectivity index (χ2n) is 2.64. The predicted octanol–water partition coefficient (Wildman–Crippen LogP) is 3.92. The number of fused-ring (bicyclic) bond motifs is 1. The Morgan fingerprint density at radius 3 is 2.54 bits per heavy atom. The van der Waals surface area contributed by atoms with Crippen LogP contribution in [0, 0.1) is 0 Å². The van der Waals surface area contributed by atoms with Crippen LogP contribution in [-0.2, 0) is 6.61 Å². The molecule has 0 unspecified atom stereocenters. The van der Waals surface area contributed by atoms with Gasteiger partial charge in [-0.15, -0.1) is 11.3 Å². The molecule has 0 aliphatic carbocycles. The number of benzene rings is 1. The van der Waals surface area contributed by atoms with Crippen LogP contribution in [0.4, 0.5) is 0 Å². The van der Waals surface area contributed by atoms with Crippen LogP contribution in [0.3, 0.4) is 0 Å². The number of aliphatic hydroxyl groups excluding tert-OH is 1. The van der Waals surface area contributed by atoms with Crippen LogP contribution in [0.5, 0.6) is 0 Å². The van der Waals surface area contributed by atoms with Gasteiger partial charge in [-0.3, -0.25) is 0 Å². The van der Waals surface area contributed by atoms with Gasteiger partial charge in [-0.1, -0.05) is 15.9 Å². The number of hydrogen-bond acceptors (Lipinski definition) is 2. The Kier molecular flexibility index (Phi) is 2.74. The van der Waals surface area contributed by atoms with E-state index in [1.807, 2.05) is 18.2 Å². The monoisotopic (exact) mass is 320 g/mol. The van der Waals surface area contributed by atoms with Crippen LogP contribution in [0.15, 0.2) is 27.1 Å². The van der Waals surface area contributed by atoms with E-state index in [4.69, 9.17) is 5.11 Å². The van der Waals surface area contributed by atoms with Crippen molar-refractivity contribution in [3.05, 3.63) is 32.0 Å². The molecule has 68 valence electrons. The third-order valence-corrected chi connectivity index (χ3v) is 4.56. The Bertz CT molecular complexity index is 411. The van der Waals surface area contributed by atoms with E-state index < -0.39 is 0 Å². The van der Waals surface area contributed by atoms with Gasteiger partial charge in [0.25, 0.3) is 0 Å². The summed E-state index contributed by atoms with van der Waals surface area (Å²) in [5.74, 6) is 0. The van der Waals surface area contributed by atoms with Crippen molar-refractivity contribution in [3.8, 4) is 0 Å². The quantitative estimate of drug-likeness (QED) is 0.844. The molecule has 1 aromatic carbocycles. The molecular formula is C9H6Br2OS. The topological polar surface area (TPSA) is 20.2 Å². The average Bonchev–Trinajstić information content (AvgIpc) is 2.56. The fourth-order valence-electron chi connectivity index (χ4n) is 1.19. The normalized spacial score (nSPS) is 11.0. The SMILES string of the molecule is OCc1cc2c(Br)ccc(Br)c2s1. The highest BCUT2D eigenvalue weighted by atomic mass is 79.9. The van der Waals surface area contributed by atoms with Gasteiger partial charge in [0.15, 0.2) is 0 Å². The van der Waals surface area contributed by atoms with Gasteiger partial charge in [-0.2, -0.15) is 0 Å². The third kappa shape index (κ3) is 1.68. The molecule has 0 radical (unpaired) electrons. The molecule has 0 aliphatic rings. The van der Waals surface area contributed by atoms with Gasteiger partial charge >= 0.3 is 0 Å². The maximum absolute atomic E-state index is 9.00. The Balaban J connectivity index is 2.80. The zero-order valence-electron chi connectivity index (χ0n) is 6.55. The van der Waals surface area contributed by atoms with Gasteiger partial charge in [0.2, 0.25) is 0 Å². The van der Waals surface area contributed by atoms with Gasteiger partial charge in [0, 0.05) is 23.9 Å². The van der Waals surface area contributed by atoms with Gasteiger partial charge in [-0.25, -0.2) is 0 Å². The average molecular weight is 322 g/mol. The summed E-state index contributed by atoms with van der Waals surface area (Å²) in [6.45, 7) is 0.109. The van der Waals surface area contributed by atoms with E-state index in [0.717, 1.165) is 19.2 Å². The molecule has 1 heterocycles. The molecule has 0 saturated heterocycles. The minimum absolute atomic E-state index is 0.109. The van der Waals surface area contributed by atoms with Gasteiger partial charge in [0.05, 0.1) is 6.61 Å². The highest BCUT2D eigenvalue weighted by Crippen LogP contribution is 2.36. The van der Waals surface area contributed by atoms with Crippen LogP contribution in [0.2, 0.25) is 0 Å². The third-order valence-electron chi connectivity index (χ3n) is 1.79. The van der Waals surface area contributed by atoms with E-state index in [2.05, 4.69) is 31.9 Å². The van der Waals surface area contributed by atoms with Crippen LogP contribution in [0.25, 0.3) is 10.1 Å². The van der Waals surface area contributed by atoms with Crippen molar-refractivity contribution in [1.29, 1.82) is 0 Å². The van der Waals surface area contributed by atoms with Crippen LogP contribution in [-0.4, -0.2) is 5.11 Å². The molecule has 0 fully saturated rings. The van der Waals surface area contributed by atoms with Crippen LogP contribution < -0.4 is 0 Å². The maximum Gasteiger partial charge on any atom is 0.0774 e. The van der Waals surface area contributed by atoms with Crippen molar-refractivity contribution in [1.82, 2.24) is 0 Å². The number of aliphatic hydroxyl groups is 1. The van der Waals surface area contributed by atoms with Crippen LogP contribution in [0.1, 0.15) is 4.88 Å². The lowest BCUT2D eigenvalue weighted by Gasteiger charge is -1.94. The molecular weight excluding hydrogens is 316 g/mol. The first-order chi connectivity index (χ1) is 6.22. The van der Waals surface area contributed by atoms with E-state index in [1.165, 1.54) is 4.70 Å². The van der Waals surface area contributed by atoms with E-state index in [9.17, 15) is 0 Å². The summed E-state index contributed by atoms with van der Waals surface area (Å²) < 4.78 is 3.33. The molecule has 2 aromatic rings. The van der Waals surface area contributed by atoms with E-state index in [0.29, 0.717) is 0 Å². The molecule has 1 aromatic heterocycles. The van der Waals surface area contributed by atoms with E-state index in [-0.39, 0.29) is 6.61 Å². The molecule has 4 heteroatoms. The Morgan fingerprint density at radius 2 is 1.92 bits per heavy atom. The lowest BCUT2D eigenvalue weighted by Crippen LogP contribution is -1.70. The van der Waals surface area contributed by atoms with Crippen molar-refractivity contribution in [2.24, 2.45) is 0 Å². The summed E-state index contributed by atoms with van der Waals surface area (Å²) in [4.78, 5) is 0.989. The number of rotatable bonds is 1. The summed E-state index contributed by atoms with van der Waals surface area (Å²) in [5.41, 5.74) is 0. The van der Waals surface area contributed by atoms with Crippen molar-refractivity contribution in [2.45, 2.75) is 6.61 Å². The van der Waals surface area contributed by atoms with Crippen molar-refractivity contribution < 1.29 is 5.11 Å². The molecule has 0 spiro atoms. The van der Waals surface area contributed by atoms with E-state index in [1.54, 1.807) is 11.3 Å². The predicted molar refractivity (Wildman–Crippen MR) is 63.1 cm³/mol. The summed E-state index contributed by atoms with van der Waals surface area (Å²) >= 11 is 8.57. The smallest absolute Gasteiger partial charge is 0.0774 e. The first kappa shape index (κ1) is 9.65. The fraction of sp³-hybridized carbons (Fsp3) is 0.111.